The largest absolute Gasteiger partial charge is 0.493 e. The van der Waals surface area contributed by atoms with Gasteiger partial charge in [-0.05, 0) is 43.7 Å². The highest BCUT2D eigenvalue weighted by Gasteiger charge is 2.54. The summed E-state index contributed by atoms with van der Waals surface area (Å²) in [7, 11) is 1.59. The van der Waals surface area contributed by atoms with Crippen molar-refractivity contribution in [1.29, 1.82) is 0 Å². The van der Waals surface area contributed by atoms with Crippen LogP contribution in [0.15, 0.2) is 18.2 Å². The maximum atomic E-state index is 12.8. The van der Waals surface area contributed by atoms with Gasteiger partial charge in [0.15, 0.2) is 17.1 Å². The van der Waals surface area contributed by atoms with Crippen LogP contribution in [0.25, 0.3) is 0 Å². The number of para-hydroxylation sites is 1. The van der Waals surface area contributed by atoms with E-state index in [1.54, 1.807) is 7.11 Å². The quantitative estimate of drug-likeness (QED) is 0.885. The van der Waals surface area contributed by atoms with Gasteiger partial charge < -0.3 is 19.9 Å². The number of halogens is 3. The molecular weight excluding hydrogens is 323 g/mol. The van der Waals surface area contributed by atoms with Gasteiger partial charge in [0, 0.05) is 12.1 Å². The number of rotatable bonds is 3. The van der Waals surface area contributed by atoms with Crippen molar-refractivity contribution in [2.75, 3.05) is 13.7 Å². The predicted molar refractivity (Wildman–Crippen MR) is 82.4 cm³/mol. The van der Waals surface area contributed by atoms with Crippen LogP contribution < -0.4 is 14.8 Å². The molecule has 0 bridgehead atoms. The molecule has 1 aliphatic carbocycles. The molecule has 0 spiro atoms. The van der Waals surface area contributed by atoms with Crippen molar-refractivity contribution in [3.63, 3.8) is 0 Å². The number of nitrogens with one attached hydrogen (secondary N) is 1. The van der Waals surface area contributed by atoms with E-state index in [1.807, 2.05) is 18.2 Å². The molecule has 3 rings (SSSR count). The Morgan fingerprint density at radius 1 is 1.25 bits per heavy atom. The molecule has 134 valence electrons. The molecular formula is C17H22F3NO3. The van der Waals surface area contributed by atoms with Crippen LogP contribution in [0.4, 0.5) is 13.2 Å². The number of aliphatic hydroxyl groups is 1. The zero-order chi connectivity index (χ0) is 17.4. The van der Waals surface area contributed by atoms with Crippen LogP contribution in [0.1, 0.15) is 31.2 Å². The number of hydrogen-bond donors (Lipinski definition) is 2. The molecule has 7 heteroatoms. The maximum Gasteiger partial charge on any atom is 0.417 e. The zero-order valence-electron chi connectivity index (χ0n) is 13.5. The van der Waals surface area contributed by atoms with Crippen molar-refractivity contribution in [1.82, 2.24) is 5.32 Å². The number of methoxy groups -OCH3 is 1. The normalized spacial score (nSPS) is 30.4. The average molecular weight is 345 g/mol. The van der Waals surface area contributed by atoms with Crippen molar-refractivity contribution in [3.8, 4) is 11.5 Å². The summed E-state index contributed by atoms with van der Waals surface area (Å²) in [6.45, 7) is 0.452. The summed E-state index contributed by atoms with van der Waals surface area (Å²) in [5.41, 5.74) is -1.51. The maximum absolute atomic E-state index is 12.8. The molecule has 4 nitrogen and oxygen atoms in total. The summed E-state index contributed by atoms with van der Waals surface area (Å²) < 4.78 is 49.6. The number of hydrogen-bond acceptors (Lipinski definition) is 4. The Kier molecular flexibility index (Phi) is 4.66. The monoisotopic (exact) mass is 345 g/mol. The van der Waals surface area contributed by atoms with E-state index in [0.29, 0.717) is 25.2 Å². The predicted octanol–water partition coefficient (Wildman–Crippen LogP) is 2.82. The van der Waals surface area contributed by atoms with Crippen LogP contribution in [0, 0.1) is 0 Å². The Labute approximate surface area is 139 Å². The van der Waals surface area contributed by atoms with Crippen molar-refractivity contribution < 1.29 is 27.8 Å². The fraction of sp³-hybridized carbons (Fsp3) is 0.647. The lowest BCUT2D eigenvalue weighted by Gasteiger charge is -2.39. The minimum atomic E-state index is -4.55. The lowest BCUT2D eigenvalue weighted by atomic mass is 9.81. The molecule has 1 aliphatic heterocycles. The molecule has 0 amide bonds. The van der Waals surface area contributed by atoms with E-state index in [4.69, 9.17) is 9.47 Å². The molecule has 1 fully saturated rings. The van der Waals surface area contributed by atoms with Gasteiger partial charge in [0.2, 0.25) is 0 Å². The Morgan fingerprint density at radius 2 is 1.96 bits per heavy atom. The van der Waals surface area contributed by atoms with Crippen molar-refractivity contribution in [2.24, 2.45) is 0 Å². The van der Waals surface area contributed by atoms with Gasteiger partial charge in [-0.2, -0.15) is 13.2 Å². The van der Waals surface area contributed by atoms with E-state index in [9.17, 15) is 18.3 Å². The van der Waals surface area contributed by atoms with Crippen LogP contribution in [0.3, 0.4) is 0 Å². The Morgan fingerprint density at radius 3 is 2.58 bits per heavy atom. The molecule has 2 N–H and O–H groups in total. The minimum absolute atomic E-state index is 0.0339. The van der Waals surface area contributed by atoms with Crippen LogP contribution >= 0.6 is 0 Å². The fourth-order valence-electron chi connectivity index (χ4n) is 3.54. The number of ether oxygens (including phenoxy) is 2. The van der Waals surface area contributed by atoms with Gasteiger partial charge in [-0.15, -0.1) is 0 Å². The standard InChI is InChI=1S/C17H22F3NO3/c1-23-14-4-2-3-11-9-13(10-24-15(11)14)21-12-5-7-16(22,8-6-12)17(18,19)20/h2-4,12-13,21-22H,5-10H2,1H3. The van der Waals surface area contributed by atoms with E-state index in [2.05, 4.69) is 5.32 Å². The van der Waals surface area contributed by atoms with Crippen molar-refractivity contribution >= 4 is 0 Å². The first-order chi connectivity index (χ1) is 11.3. The van der Waals surface area contributed by atoms with Gasteiger partial charge in [0.05, 0.1) is 7.11 Å². The molecule has 1 atom stereocenters. The van der Waals surface area contributed by atoms with E-state index < -0.39 is 11.8 Å². The Hall–Kier alpha value is -1.47. The van der Waals surface area contributed by atoms with Gasteiger partial charge in [0.25, 0.3) is 0 Å². The lowest BCUT2D eigenvalue weighted by Crippen LogP contribution is -2.53. The highest BCUT2D eigenvalue weighted by molar-refractivity contribution is 5.48. The van der Waals surface area contributed by atoms with Gasteiger partial charge in [-0.25, -0.2) is 0 Å². The zero-order valence-corrected chi connectivity index (χ0v) is 13.5. The molecule has 1 aromatic rings. The number of benzene rings is 1. The second kappa shape index (κ2) is 6.44. The summed E-state index contributed by atoms with van der Waals surface area (Å²) in [5, 5.41) is 13.1. The molecule has 1 unspecified atom stereocenters. The van der Waals surface area contributed by atoms with Crippen LogP contribution in [-0.2, 0) is 6.42 Å². The van der Waals surface area contributed by atoms with E-state index >= 15 is 0 Å². The fourth-order valence-corrected chi connectivity index (χ4v) is 3.54. The van der Waals surface area contributed by atoms with Crippen LogP contribution in [0.5, 0.6) is 11.5 Å². The molecule has 0 saturated heterocycles. The lowest BCUT2D eigenvalue weighted by molar-refractivity contribution is -0.270. The topological polar surface area (TPSA) is 50.7 Å². The Balaban J connectivity index is 1.57. The molecule has 0 aromatic heterocycles. The van der Waals surface area contributed by atoms with Crippen molar-refractivity contribution in [2.45, 2.75) is 56.0 Å². The van der Waals surface area contributed by atoms with E-state index in [-0.39, 0.29) is 24.9 Å². The first-order valence-electron chi connectivity index (χ1n) is 8.16. The van der Waals surface area contributed by atoms with Crippen LogP contribution in [-0.4, -0.2) is 42.7 Å². The average Bonchev–Trinajstić information content (AvgIpc) is 2.55. The van der Waals surface area contributed by atoms with Crippen LogP contribution in [0.2, 0.25) is 0 Å². The third kappa shape index (κ3) is 3.32. The molecule has 1 heterocycles. The van der Waals surface area contributed by atoms with E-state index in [1.165, 1.54) is 0 Å². The van der Waals surface area contributed by atoms with Gasteiger partial charge in [0.1, 0.15) is 6.61 Å². The summed E-state index contributed by atoms with van der Waals surface area (Å²) in [5.74, 6) is 1.44. The molecule has 1 aromatic carbocycles. The first kappa shape index (κ1) is 17.4. The summed E-state index contributed by atoms with van der Waals surface area (Å²) in [6.07, 6.45) is -3.72. The summed E-state index contributed by atoms with van der Waals surface area (Å²) in [4.78, 5) is 0. The highest BCUT2D eigenvalue weighted by Crippen LogP contribution is 2.41. The SMILES string of the molecule is COc1cccc2c1OCC(NC1CCC(O)(C(F)(F)F)CC1)C2. The molecule has 1 saturated carbocycles. The van der Waals surface area contributed by atoms with E-state index in [0.717, 1.165) is 17.7 Å². The molecule has 0 radical (unpaired) electrons. The summed E-state index contributed by atoms with van der Waals surface area (Å²) in [6, 6.07) is 5.72. The number of alkyl halides is 3. The first-order valence-corrected chi connectivity index (χ1v) is 8.16. The van der Waals surface area contributed by atoms with Gasteiger partial charge in [-0.1, -0.05) is 12.1 Å². The third-order valence-corrected chi connectivity index (χ3v) is 4.99. The minimum Gasteiger partial charge on any atom is -0.493 e. The smallest absolute Gasteiger partial charge is 0.417 e. The summed E-state index contributed by atoms with van der Waals surface area (Å²) >= 11 is 0. The van der Waals surface area contributed by atoms with Crippen molar-refractivity contribution in [3.05, 3.63) is 23.8 Å². The Bertz CT molecular complexity index is 583. The second-order valence-electron chi connectivity index (χ2n) is 6.63. The third-order valence-electron chi connectivity index (χ3n) is 4.99. The van der Waals surface area contributed by atoms with Gasteiger partial charge >= 0.3 is 6.18 Å². The number of fused-ring (bicyclic) bond motifs is 1. The second-order valence-corrected chi connectivity index (χ2v) is 6.63. The molecule has 2 aliphatic rings. The highest BCUT2D eigenvalue weighted by atomic mass is 19.4. The molecule has 24 heavy (non-hydrogen) atoms. The van der Waals surface area contributed by atoms with Gasteiger partial charge in [-0.3, -0.25) is 0 Å².